The van der Waals surface area contributed by atoms with Gasteiger partial charge in [0, 0.05) is 63.6 Å². The van der Waals surface area contributed by atoms with Crippen LogP contribution < -0.4 is 0 Å². The topological polar surface area (TPSA) is 38.0 Å². The van der Waals surface area contributed by atoms with Gasteiger partial charge in [-0.15, -0.1) is 22.7 Å². The van der Waals surface area contributed by atoms with Crippen LogP contribution in [0.5, 0.6) is 0 Å². The van der Waals surface area contributed by atoms with Crippen LogP contribution in [-0.4, -0.2) is 9.13 Å². The first kappa shape index (κ1) is 37.3. The van der Waals surface area contributed by atoms with Gasteiger partial charge in [0.25, 0.3) is 0 Å². The van der Waals surface area contributed by atoms with Crippen molar-refractivity contribution in [2.24, 2.45) is 0 Å². The van der Waals surface area contributed by atoms with E-state index in [9.17, 15) is 11.8 Å². The second kappa shape index (κ2) is 16.5. The molecule has 0 aliphatic rings. The molecule has 74 heavy (non-hydrogen) atoms. The monoisotopic (exact) mass is 979 g/mol. The summed E-state index contributed by atoms with van der Waals surface area (Å²) in [6, 6.07) is 69.1. The fourth-order valence-corrected chi connectivity index (χ4v) is 14.1. The van der Waals surface area contributed by atoms with Gasteiger partial charge in [0.2, 0.25) is 5.69 Å². The molecular weight excluding hydrogens is 937 g/mol. The van der Waals surface area contributed by atoms with E-state index >= 15 is 0 Å². The molecule has 0 radical (unpaired) electrons. The Kier molecular flexibility index (Phi) is 8.31. The Hall–Kier alpha value is -9.56. The van der Waals surface area contributed by atoms with Crippen LogP contribution in [0.25, 0.3) is 145 Å². The van der Waals surface area contributed by atoms with Gasteiger partial charge in [-0.05, 0) is 63.7 Å². The van der Waals surface area contributed by atoms with Crippen molar-refractivity contribution >= 4 is 112 Å². The van der Waals surface area contributed by atoms with Crippen molar-refractivity contribution in [3.05, 3.63) is 247 Å². The van der Waals surface area contributed by atoms with E-state index in [-0.39, 0.29) is 17.6 Å². The zero-order valence-corrected chi connectivity index (χ0v) is 40.8. The van der Waals surface area contributed by atoms with Crippen LogP contribution in [0.3, 0.4) is 0 Å². The Labute approximate surface area is 440 Å². The highest BCUT2D eigenvalue weighted by Gasteiger charge is 2.33. The van der Waals surface area contributed by atoms with Gasteiger partial charge in [0.05, 0.1) is 61.8 Å². The highest BCUT2D eigenvalue weighted by Crippen LogP contribution is 2.55. The van der Waals surface area contributed by atoms with Gasteiger partial charge >= 0.3 is 0 Å². The summed E-state index contributed by atoms with van der Waals surface area (Å²) >= 11 is 3.29. The standard InChI is InChI=1S/C68H38N4S2/c1-70-62-59(43-23-10-4-11-24-43)54(40-69)63(60(44-25-12-5-13-26-44)66(62)71-55-30-16-14-27-47(55)53-39-45(33-38-56(53)71)41-19-6-2-7-20-41)72-64-49(34-36-51-48-28-15-17-31-57(48)73-67(51)64)50-35-37-52-61-46(42-21-8-3-9-22-42)29-18-32-58(61)74-68(52)65(50)72/h2-39H/i3D,8D,9D,21D,22D. The molecule has 4 aromatic heterocycles. The number of thiophene rings is 2. The maximum absolute atomic E-state index is 12.3. The lowest BCUT2D eigenvalue weighted by Crippen LogP contribution is -2.09. The molecule has 0 bridgehead atoms. The molecule has 0 aliphatic carbocycles. The zero-order valence-electron chi connectivity index (χ0n) is 44.2. The molecule has 0 spiro atoms. The maximum Gasteiger partial charge on any atom is 0.220 e. The van der Waals surface area contributed by atoms with Crippen LogP contribution in [0.15, 0.2) is 230 Å². The van der Waals surface area contributed by atoms with Crippen LogP contribution >= 0.6 is 22.7 Å². The molecule has 0 saturated carbocycles. The van der Waals surface area contributed by atoms with Crippen molar-refractivity contribution < 1.29 is 6.85 Å². The minimum absolute atomic E-state index is 0.135. The predicted molar refractivity (Wildman–Crippen MR) is 314 cm³/mol. The smallest absolute Gasteiger partial charge is 0.220 e. The van der Waals surface area contributed by atoms with Crippen LogP contribution in [0.1, 0.15) is 12.4 Å². The molecule has 6 heteroatoms. The maximum atomic E-state index is 12.3. The second-order valence-corrected chi connectivity index (χ2v) is 20.6. The van der Waals surface area contributed by atoms with Gasteiger partial charge in [-0.25, -0.2) is 4.85 Å². The molecule has 4 nitrogen and oxygen atoms in total. The molecule has 4 heterocycles. The number of benzene rings is 11. The predicted octanol–water partition coefficient (Wildman–Crippen LogP) is 19.7. The first-order valence-corrected chi connectivity index (χ1v) is 25.9. The number of nitriles is 1. The quantitative estimate of drug-likeness (QED) is 0.153. The van der Waals surface area contributed by atoms with Gasteiger partial charge in [-0.3, -0.25) is 0 Å². The number of aromatic nitrogens is 2. The van der Waals surface area contributed by atoms with Crippen LogP contribution in [0.4, 0.5) is 5.69 Å². The third-order valence-corrected chi connectivity index (χ3v) is 17.0. The normalized spacial score (nSPS) is 12.7. The van der Waals surface area contributed by atoms with Gasteiger partial charge in [-0.1, -0.05) is 200 Å². The Balaban J connectivity index is 1.20. The fourth-order valence-electron chi connectivity index (χ4n) is 11.6. The molecule has 11 aromatic carbocycles. The zero-order chi connectivity index (χ0) is 53.4. The molecule has 15 rings (SSSR count). The molecule has 0 unspecified atom stereocenters. The average Bonchev–Trinajstić information content (AvgIpc) is 4.34. The van der Waals surface area contributed by atoms with Crippen molar-refractivity contribution in [1.82, 2.24) is 9.13 Å². The molecule has 0 aliphatic heterocycles. The van der Waals surface area contributed by atoms with E-state index in [1.54, 1.807) is 22.7 Å². The summed E-state index contributed by atoms with van der Waals surface area (Å²) in [5.74, 6) is 0. The number of nitrogens with zero attached hydrogens (tertiary/aromatic N) is 4. The second-order valence-electron chi connectivity index (χ2n) is 18.5. The van der Waals surface area contributed by atoms with Gasteiger partial charge in [-0.2, -0.15) is 5.26 Å². The van der Waals surface area contributed by atoms with E-state index < -0.39 is 18.1 Å². The molecular formula is C68H38N4S2. The number of hydrogen-bond acceptors (Lipinski definition) is 3. The summed E-state index contributed by atoms with van der Waals surface area (Å²) in [5, 5.41) is 20.0. The van der Waals surface area contributed by atoms with E-state index in [1.807, 2.05) is 91.0 Å². The lowest BCUT2D eigenvalue weighted by atomic mass is 9.88. The van der Waals surface area contributed by atoms with Gasteiger partial charge in [0.1, 0.15) is 6.07 Å². The van der Waals surface area contributed by atoms with E-state index in [0.717, 1.165) is 106 Å². The van der Waals surface area contributed by atoms with Crippen LogP contribution in [0.2, 0.25) is 0 Å². The Bertz CT molecular complexity index is 5190. The highest BCUT2D eigenvalue weighted by molar-refractivity contribution is 7.27. The molecule has 0 fully saturated rings. The summed E-state index contributed by atoms with van der Waals surface area (Å²) in [7, 11) is 0. The minimum Gasteiger partial charge on any atom is -0.318 e. The van der Waals surface area contributed by atoms with Crippen molar-refractivity contribution in [1.29, 1.82) is 5.26 Å². The SMILES string of the molecule is [2H]c1c([2H])c([2H])c(-c2cccc3sc4c(ccc5c6ccc7c8ccccc8sc7c6n(-c6c(C#N)c(-c7ccccc7)c([N+]#[C-])c(-n7c8ccccc8c8cc(-c9ccccc9)ccc87)c6-c6ccccc6)c54)c23)c([2H])c1[2H]. The first-order valence-electron chi connectivity index (χ1n) is 26.8. The summed E-state index contributed by atoms with van der Waals surface area (Å²) in [4.78, 5) is 4.56. The van der Waals surface area contributed by atoms with E-state index in [1.165, 1.54) is 0 Å². The number of para-hydroxylation sites is 1. The Morgan fingerprint density at radius 2 is 1.03 bits per heavy atom. The average molecular weight is 980 g/mol. The largest absolute Gasteiger partial charge is 0.318 e. The van der Waals surface area contributed by atoms with E-state index in [2.05, 4.69) is 129 Å². The van der Waals surface area contributed by atoms with Crippen molar-refractivity contribution in [3.63, 3.8) is 0 Å². The van der Waals surface area contributed by atoms with E-state index in [0.29, 0.717) is 39.3 Å². The minimum atomic E-state index is -0.446. The Morgan fingerprint density at radius 3 is 1.74 bits per heavy atom. The molecule has 0 saturated heterocycles. The number of rotatable bonds is 6. The van der Waals surface area contributed by atoms with Crippen molar-refractivity contribution in [2.45, 2.75) is 0 Å². The fraction of sp³-hybridized carbons (Fsp3) is 0. The first-order chi connectivity index (χ1) is 38.7. The molecule has 0 N–H and O–H groups in total. The lowest BCUT2D eigenvalue weighted by molar-refractivity contribution is 1.14. The summed E-state index contributed by atoms with van der Waals surface area (Å²) in [6.45, 7) is 9.42. The summed E-state index contributed by atoms with van der Waals surface area (Å²) in [6.07, 6.45) is 0. The highest BCUT2D eigenvalue weighted by atomic mass is 32.1. The number of fused-ring (bicyclic) bond motifs is 14. The Morgan fingerprint density at radius 1 is 0.446 bits per heavy atom. The summed E-state index contributed by atoms with van der Waals surface area (Å²) in [5.41, 5.74) is 11.1. The molecule has 15 aromatic rings. The van der Waals surface area contributed by atoms with Crippen molar-refractivity contribution in [3.8, 4) is 62.0 Å². The number of hydrogen-bond donors (Lipinski definition) is 0. The molecule has 0 atom stereocenters. The van der Waals surface area contributed by atoms with Gasteiger partial charge in [0.15, 0.2) is 0 Å². The van der Waals surface area contributed by atoms with Crippen LogP contribution in [0, 0.1) is 17.9 Å². The third-order valence-electron chi connectivity index (χ3n) is 14.7. The molecule has 342 valence electrons. The van der Waals surface area contributed by atoms with Crippen molar-refractivity contribution in [2.75, 3.05) is 0 Å². The molecule has 0 amide bonds. The summed E-state index contributed by atoms with van der Waals surface area (Å²) < 4.78 is 52.7. The van der Waals surface area contributed by atoms with Crippen LogP contribution in [-0.2, 0) is 0 Å². The van der Waals surface area contributed by atoms with Gasteiger partial charge < -0.3 is 9.13 Å². The van der Waals surface area contributed by atoms with E-state index in [4.69, 9.17) is 6.85 Å². The lowest BCUT2D eigenvalue weighted by Gasteiger charge is -2.26. The third kappa shape index (κ3) is 6.05.